The molecule has 1 amide bonds. The van der Waals surface area contributed by atoms with Crippen LogP contribution in [0.5, 0.6) is 0 Å². The summed E-state index contributed by atoms with van der Waals surface area (Å²) in [7, 11) is 0. The van der Waals surface area contributed by atoms with Gasteiger partial charge in [0.05, 0.1) is 17.6 Å². The van der Waals surface area contributed by atoms with Gasteiger partial charge in [0.1, 0.15) is 0 Å². The number of hydrogen-bond donors (Lipinski definition) is 1. The first kappa shape index (κ1) is 13.9. The highest BCUT2D eigenvalue weighted by Crippen LogP contribution is 2.18. The molecule has 0 atom stereocenters. The molecule has 0 radical (unpaired) electrons. The number of nitrogens with zero attached hydrogens (tertiary/aromatic N) is 3. The predicted octanol–water partition coefficient (Wildman–Crippen LogP) is 3.04. The van der Waals surface area contributed by atoms with Crippen LogP contribution in [-0.2, 0) is 0 Å². The van der Waals surface area contributed by atoms with Gasteiger partial charge in [-0.1, -0.05) is 35.9 Å². The van der Waals surface area contributed by atoms with Crippen molar-refractivity contribution < 1.29 is 4.79 Å². The van der Waals surface area contributed by atoms with E-state index in [-0.39, 0.29) is 5.69 Å². The van der Waals surface area contributed by atoms with Gasteiger partial charge in [0.2, 0.25) is 0 Å². The molecule has 1 N–H and O–H groups in total. The number of aromatic amines is 1. The van der Waals surface area contributed by atoms with Gasteiger partial charge in [0.15, 0.2) is 5.69 Å². The van der Waals surface area contributed by atoms with Crippen molar-refractivity contribution in [1.82, 2.24) is 15.2 Å². The number of aliphatic imine (C=N–C) groups is 1. The van der Waals surface area contributed by atoms with E-state index in [0.717, 1.165) is 11.3 Å². The molecule has 5 nitrogen and oxygen atoms in total. The summed E-state index contributed by atoms with van der Waals surface area (Å²) < 4.78 is 0. The first-order valence-electron chi connectivity index (χ1n) is 6.84. The Hall–Kier alpha value is -3.08. The van der Waals surface area contributed by atoms with Crippen LogP contribution in [0.15, 0.2) is 59.7 Å². The van der Waals surface area contributed by atoms with Crippen LogP contribution in [0.25, 0.3) is 11.3 Å². The number of aromatic nitrogens is 3. The monoisotopic (exact) mass is 290 g/mol. The lowest BCUT2D eigenvalue weighted by Gasteiger charge is -1.96. The molecule has 0 aliphatic rings. The Balaban J connectivity index is 1.77. The van der Waals surface area contributed by atoms with E-state index in [1.807, 2.05) is 37.3 Å². The molecular formula is C17H14N4O. The summed E-state index contributed by atoms with van der Waals surface area (Å²) in [5.74, 6) is -0.403. The minimum atomic E-state index is -0.403. The van der Waals surface area contributed by atoms with Crippen molar-refractivity contribution in [3.63, 3.8) is 0 Å². The number of nitrogens with one attached hydrogen (secondary N) is 1. The largest absolute Gasteiger partial charge is 0.297 e. The third-order valence-corrected chi connectivity index (χ3v) is 3.16. The number of hydrogen-bond acceptors (Lipinski definition) is 3. The molecule has 1 aromatic carbocycles. The van der Waals surface area contributed by atoms with E-state index in [1.165, 1.54) is 11.8 Å². The van der Waals surface area contributed by atoms with Gasteiger partial charge in [-0.25, -0.2) is 4.99 Å². The number of amides is 1. The van der Waals surface area contributed by atoms with Gasteiger partial charge >= 0.3 is 0 Å². The highest BCUT2D eigenvalue weighted by molar-refractivity contribution is 6.00. The lowest BCUT2D eigenvalue weighted by atomic mass is 10.1. The van der Waals surface area contributed by atoms with Gasteiger partial charge in [-0.15, -0.1) is 0 Å². The van der Waals surface area contributed by atoms with Gasteiger partial charge in [-0.2, -0.15) is 5.10 Å². The molecule has 5 heteroatoms. The summed E-state index contributed by atoms with van der Waals surface area (Å²) >= 11 is 0. The molecule has 0 bridgehead atoms. The number of pyridine rings is 1. The van der Waals surface area contributed by atoms with Crippen LogP contribution in [0.3, 0.4) is 0 Å². The molecule has 0 aliphatic heterocycles. The first-order valence-corrected chi connectivity index (χ1v) is 6.84. The molecule has 3 aromatic rings. The molecule has 0 fully saturated rings. The SMILES string of the molecule is Cc1ccc(-c2cc(C(=O)N=Cc3ccccn3)n[nH]2)cc1. The smallest absolute Gasteiger partial charge is 0.277 e. The van der Waals surface area contributed by atoms with E-state index >= 15 is 0 Å². The summed E-state index contributed by atoms with van der Waals surface area (Å²) in [6.45, 7) is 2.03. The Labute approximate surface area is 127 Å². The predicted molar refractivity (Wildman–Crippen MR) is 84.9 cm³/mol. The molecule has 108 valence electrons. The number of benzene rings is 1. The van der Waals surface area contributed by atoms with Gasteiger partial charge in [0, 0.05) is 6.20 Å². The number of H-pyrrole nitrogens is 1. The molecular weight excluding hydrogens is 276 g/mol. The van der Waals surface area contributed by atoms with Crippen molar-refractivity contribution in [2.75, 3.05) is 0 Å². The molecule has 0 saturated carbocycles. The average molecular weight is 290 g/mol. The summed E-state index contributed by atoms with van der Waals surface area (Å²) in [6, 6.07) is 15.1. The van der Waals surface area contributed by atoms with Crippen molar-refractivity contribution in [2.45, 2.75) is 6.92 Å². The highest BCUT2D eigenvalue weighted by Gasteiger charge is 2.10. The molecule has 0 unspecified atom stereocenters. The highest BCUT2D eigenvalue weighted by atomic mass is 16.1. The zero-order valence-electron chi connectivity index (χ0n) is 12.0. The van der Waals surface area contributed by atoms with Crippen LogP contribution in [0, 0.1) is 6.92 Å². The third kappa shape index (κ3) is 3.15. The van der Waals surface area contributed by atoms with Crippen molar-refractivity contribution in [2.24, 2.45) is 4.99 Å². The quantitative estimate of drug-likeness (QED) is 0.754. The van der Waals surface area contributed by atoms with Crippen LogP contribution in [0.4, 0.5) is 0 Å². The van der Waals surface area contributed by atoms with Crippen molar-refractivity contribution in [3.05, 3.63) is 71.7 Å². The van der Waals surface area contributed by atoms with Crippen LogP contribution < -0.4 is 0 Å². The first-order chi connectivity index (χ1) is 10.7. The van der Waals surface area contributed by atoms with Crippen LogP contribution in [0.1, 0.15) is 21.7 Å². The van der Waals surface area contributed by atoms with Gasteiger partial charge < -0.3 is 0 Å². The van der Waals surface area contributed by atoms with Crippen molar-refractivity contribution in [3.8, 4) is 11.3 Å². The van der Waals surface area contributed by atoms with E-state index in [4.69, 9.17) is 0 Å². The lowest BCUT2D eigenvalue weighted by molar-refractivity contribution is 0.0998. The van der Waals surface area contributed by atoms with Gasteiger partial charge in [-0.3, -0.25) is 14.9 Å². The van der Waals surface area contributed by atoms with Crippen LogP contribution in [0.2, 0.25) is 0 Å². The normalized spacial score (nSPS) is 11.0. The Kier molecular flexibility index (Phi) is 3.87. The molecule has 0 aliphatic carbocycles. The maximum atomic E-state index is 12.0. The van der Waals surface area contributed by atoms with Crippen molar-refractivity contribution >= 4 is 12.1 Å². The molecule has 22 heavy (non-hydrogen) atoms. The summed E-state index contributed by atoms with van der Waals surface area (Å²) in [5.41, 5.74) is 3.86. The third-order valence-electron chi connectivity index (χ3n) is 3.16. The zero-order valence-corrected chi connectivity index (χ0v) is 12.0. The molecule has 0 saturated heterocycles. The van der Waals surface area contributed by atoms with E-state index in [0.29, 0.717) is 5.69 Å². The fourth-order valence-corrected chi connectivity index (χ4v) is 1.96. The Morgan fingerprint density at radius 3 is 2.73 bits per heavy atom. The fourth-order valence-electron chi connectivity index (χ4n) is 1.96. The van der Waals surface area contributed by atoms with Crippen molar-refractivity contribution in [1.29, 1.82) is 0 Å². The second kappa shape index (κ2) is 6.13. The summed E-state index contributed by atoms with van der Waals surface area (Å²) in [6.07, 6.45) is 3.08. The fraction of sp³-hybridized carbons (Fsp3) is 0.0588. The molecule has 2 aromatic heterocycles. The lowest BCUT2D eigenvalue weighted by Crippen LogP contribution is -1.97. The van der Waals surface area contributed by atoms with E-state index in [1.54, 1.807) is 24.4 Å². The Bertz CT molecular complexity index is 804. The van der Waals surface area contributed by atoms with Gasteiger partial charge in [-0.05, 0) is 30.7 Å². The molecule has 3 rings (SSSR count). The second-order valence-electron chi connectivity index (χ2n) is 4.85. The average Bonchev–Trinajstić information content (AvgIpc) is 3.04. The number of aryl methyl sites for hydroxylation is 1. The van der Waals surface area contributed by atoms with Crippen LogP contribution in [-0.4, -0.2) is 27.3 Å². The Morgan fingerprint density at radius 2 is 2.00 bits per heavy atom. The zero-order chi connectivity index (χ0) is 15.4. The van der Waals surface area contributed by atoms with E-state index in [2.05, 4.69) is 20.2 Å². The topological polar surface area (TPSA) is 71.0 Å². The van der Waals surface area contributed by atoms with E-state index < -0.39 is 5.91 Å². The maximum Gasteiger partial charge on any atom is 0.297 e. The second-order valence-corrected chi connectivity index (χ2v) is 4.85. The minimum Gasteiger partial charge on any atom is -0.277 e. The number of rotatable bonds is 3. The number of carbonyl (C=O) groups is 1. The summed E-state index contributed by atoms with van der Waals surface area (Å²) in [4.78, 5) is 20.0. The standard InChI is InChI=1S/C17H14N4O/c1-12-5-7-13(8-6-12)15-10-16(21-20-15)17(22)19-11-14-4-2-3-9-18-14/h2-11H,1H3,(H,20,21). The Morgan fingerprint density at radius 1 is 1.18 bits per heavy atom. The summed E-state index contributed by atoms with van der Waals surface area (Å²) in [5, 5.41) is 6.88. The van der Waals surface area contributed by atoms with Crippen LogP contribution >= 0.6 is 0 Å². The number of carbonyl (C=O) groups excluding carboxylic acids is 1. The maximum absolute atomic E-state index is 12.0. The minimum absolute atomic E-state index is 0.280. The van der Waals surface area contributed by atoms with Gasteiger partial charge in [0.25, 0.3) is 5.91 Å². The van der Waals surface area contributed by atoms with E-state index in [9.17, 15) is 4.79 Å². The molecule has 2 heterocycles. The molecule has 0 spiro atoms.